The van der Waals surface area contributed by atoms with Crippen LogP contribution in [-0.2, 0) is 0 Å². The first-order valence-electron chi connectivity index (χ1n) is 6.20. The molecule has 3 N–H and O–H groups in total. The highest BCUT2D eigenvalue weighted by atomic mass is 79.9. The van der Waals surface area contributed by atoms with Crippen molar-refractivity contribution < 1.29 is 0 Å². The Labute approximate surface area is 126 Å². The van der Waals surface area contributed by atoms with Crippen LogP contribution in [0.3, 0.4) is 0 Å². The summed E-state index contributed by atoms with van der Waals surface area (Å²) in [6.07, 6.45) is 2.57. The maximum Gasteiger partial charge on any atom is 0.0568 e. The molecule has 5 heteroatoms. The Hall–Kier alpha value is 0.1000. The summed E-state index contributed by atoms with van der Waals surface area (Å²) in [5, 5.41) is 4.25. The molecule has 1 aromatic carbocycles. The number of rotatable bonds is 4. The number of nitrogens with one attached hydrogen (secondary N) is 1. The molecule has 0 aliphatic carbocycles. The molecule has 0 saturated carbocycles. The van der Waals surface area contributed by atoms with E-state index in [1.165, 1.54) is 24.3 Å². The Morgan fingerprint density at radius 3 is 3.00 bits per heavy atom. The molecule has 0 radical (unpaired) electrons. The minimum absolute atomic E-state index is 0.343. The fourth-order valence-corrected chi connectivity index (χ4v) is 3.92. The molecule has 18 heavy (non-hydrogen) atoms. The van der Waals surface area contributed by atoms with Crippen LogP contribution in [0.4, 0.5) is 5.69 Å². The van der Waals surface area contributed by atoms with Crippen molar-refractivity contribution >= 4 is 45.0 Å². The number of halogens is 2. The van der Waals surface area contributed by atoms with Crippen molar-refractivity contribution in [2.24, 2.45) is 11.7 Å². The van der Waals surface area contributed by atoms with Gasteiger partial charge in [0.25, 0.3) is 0 Å². The van der Waals surface area contributed by atoms with Gasteiger partial charge in [0.2, 0.25) is 0 Å². The van der Waals surface area contributed by atoms with E-state index in [9.17, 15) is 0 Å². The molecule has 1 heterocycles. The van der Waals surface area contributed by atoms with Crippen molar-refractivity contribution in [1.82, 2.24) is 0 Å². The van der Waals surface area contributed by atoms with E-state index in [-0.39, 0.29) is 0 Å². The van der Waals surface area contributed by atoms with Gasteiger partial charge in [0.1, 0.15) is 0 Å². The van der Waals surface area contributed by atoms with Crippen LogP contribution in [0.5, 0.6) is 0 Å². The third-order valence-corrected chi connectivity index (χ3v) is 5.76. The SMILES string of the molecule is NCC(Nc1ccc(Br)c(Cl)c1)C1CCCSC1. The second-order valence-corrected chi connectivity index (χ2v) is 7.00. The molecule has 1 aliphatic heterocycles. The van der Waals surface area contributed by atoms with Gasteiger partial charge in [-0.3, -0.25) is 0 Å². The second kappa shape index (κ2) is 7.04. The van der Waals surface area contributed by atoms with Gasteiger partial charge in [-0.05, 0) is 64.4 Å². The largest absolute Gasteiger partial charge is 0.381 e. The van der Waals surface area contributed by atoms with E-state index in [2.05, 4.69) is 21.2 Å². The summed E-state index contributed by atoms with van der Waals surface area (Å²) >= 11 is 11.5. The first-order valence-corrected chi connectivity index (χ1v) is 8.52. The molecule has 2 unspecified atom stereocenters. The highest BCUT2D eigenvalue weighted by Crippen LogP contribution is 2.29. The number of anilines is 1. The molecule has 0 spiro atoms. The molecule has 100 valence electrons. The summed E-state index contributed by atoms with van der Waals surface area (Å²) in [5.41, 5.74) is 6.96. The maximum atomic E-state index is 6.10. The number of thioether (sulfide) groups is 1. The molecule has 1 aliphatic rings. The van der Waals surface area contributed by atoms with E-state index in [0.717, 1.165) is 15.2 Å². The van der Waals surface area contributed by atoms with E-state index < -0.39 is 0 Å². The van der Waals surface area contributed by atoms with Gasteiger partial charge in [-0.25, -0.2) is 0 Å². The lowest BCUT2D eigenvalue weighted by atomic mass is 9.96. The van der Waals surface area contributed by atoms with E-state index in [4.69, 9.17) is 17.3 Å². The van der Waals surface area contributed by atoms with Gasteiger partial charge in [0.15, 0.2) is 0 Å². The van der Waals surface area contributed by atoms with Crippen LogP contribution >= 0.6 is 39.3 Å². The van der Waals surface area contributed by atoms with Gasteiger partial charge in [0, 0.05) is 22.7 Å². The normalized spacial score (nSPS) is 21.6. The van der Waals surface area contributed by atoms with Crippen molar-refractivity contribution in [3.8, 4) is 0 Å². The maximum absolute atomic E-state index is 6.10. The van der Waals surface area contributed by atoms with Crippen molar-refractivity contribution in [1.29, 1.82) is 0 Å². The lowest BCUT2D eigenvalue weighted by Gasteiger charge is -2.30. The minimum Gasteiger partial charge on any atom is -0.381 e. The molecular weight excluding hydrogens is 332 g/mol. The van der Waals surface area contributed by atoms with E-state index >= 15 is 0 Å². The zero-order valence-electron chi connectivity index (χ0n) is 10.2. The van der Waals surface area contributed by atoms with Crippen LogP contribution in [0.15, 0.2) is 22.7 Å². The van der Waals surface area contributed by atoms with E-state index in [0.29, 0.717) is 18.5 Å². The van der Waals surface area contributed by atoms with Crippen LogP contribution in [0.2, 0.25) is 5.02 Å². The first-order chi connectivity index (χ1) is 8.70. The van der Waals surface area contributed by atoms with E-state index in [1.54, 1.807) is 0 Å². The molecule has 0 amide bonds. The number of benzene rings is 1. The Morgan fingerprint density at radius 2 is 2.39 bits per heavy atom. The predicted octanol–water partition coefficient (Wildman–Crippen LogP) is 3.98. The zero-order chi connectivity index (χ0) is 13.0. The molecular formula is C13H18BrClN2S. The summed E-state index contributed by atoms with van der Waals surface area (Å²) < 4.78 is 0.923. The molecule has 1 fully saturated rings. The highest BCUT2D eigenvalue weighted by Gasteiger charge is 2.22. The minimum atomic E-state index is 0.343. The molecule has 2 rings (SSSR count). The summed E-state index contributed by atoms with van der Waals surface area (Å²) in [7, 11) is 0. The average molecular weight is 350 g/mol. The number of hydrogen-bond acceptors (Lipinski definition) is 3. The standard InChI is InChI=1S/C13H18BrClN2S/c14-11-4-3-10(6-12(11)15)17-13(7-16)9-2-1-5-18-8-9/h3-4,6,9,13,17H,1-2,5,7-8,16H2. The topological polar surface area (TPSA) is 38.0 Å². The molecule has 0 bridgehead atoms. The monoisotopic (exact) mass is 348 g/mol. The van der Waals surface area contributed by atoms with Crippen molar-refractivity contribution in [3.63, 3.8) is 0 Å². The Bertz CT molecular complexity index is 397. The van der Waals surface area contributed by atoms with Gasteiger partial charge < -0.3 is 11.1 Å². The summed E-state index contributed by atoms with van der Waals surface area (Å²) in [6.45, 7) is 0.666. The third-order valence-electron chi connectivity index (χ3n) is 3.29. The van der Waals surface area contributed by atoms with Crippen LogP contribution in [0.25, 0.3) is 0 Å². The van der Waals surface area contributed by atoms with Crippen molar-refractivity contribution in [2.45, 2.75) is 18.9 Å². The molecule has 1 saturated heterocycles. The summed E-state index contributed by atoms with van der Waals surface area (Å²) in [4.78, 5) is 0. The van der Waals surface area contributed by atoms with Crippen LogP contribution in [0.1, 0.15) is 12.8 Å². The quantitative estimate of drug-likeness (QED) is 0.863. The molecule has 2 atom stereocenters. The third kappa shape index (κ3) is 3.80. The van der Waals surface area contributed by atoms with Gasteiger partial charge >= 0.3 is 0 Å². The Morgan fingerprint density at radius 1 is 1.56 bits per heavy atom. The highest BCUT2D eigenvalue weighted by molar-refractivity contribution is 9.10. The predicted molar refractivity (Wildman–Crippen MR) is 85.7 cm³/mol. The van der Waals surface area contributed by atoms with Gasteiger partial charge in [0.05, 0.1) is 5.02 Å². The fraction of sp³-hybridized carbons (Fsp3) is 0.538. The lowest BCUT2D eigenvalue weighted by Crippen LogP contribution is -2.38. The van der Waals surface area contributed by atoms with Crippen molar-refractivity contribution in [3.05, 3.63) is 27.7 Å². The lowest BCUT2D eigenvalue weighted by molar-refractivity contribution is 0.450. The zero-order valence-corrected chi connectivity index (χ0v) is 13.3. The Kier molecular flexibility index (Phi) is 5.67. The van der Waals surface area contributed by atoms with E-state index in [1.807, 2.05) is 30.0 Å². The Balaban J connectivity index is 2.02. The van der Waals surface area contributed by atoms with Crippen LogP contribution in [0, 0.1) is 5.92 Å². The smallest absolute Gasteiger partial charge is 0.0568 e. The van der Waals surface area contributed by atoms with Crippen LogP contribution in [-0.4, -0.2) is 24.1 Å². The van der Waals surface area contributed by atoms with Crippen molar-refractivity contribution in [2.75, 3.05) is 23.4 Å². The molecule has 2 nitrogen and oxygen atoms in total. The fourth-order valence-electron chi connectivity index (χ4n) is 2.25. The first kappa shape index (κ1) is 14.5. The number of nitrogens with two attached hydrogens (primary N) is 1. The van der Waals surface area contributed by atoms with Gasteiger partial charge in [-0.15, -0.1) is 0 Å². The summed E-state index contributed by atoms with van der Waals surface area (Å²) in [5.74, 6) is 3.16. The van der Waals surface area contributed by atoms with Gasteiger partial charge in [-0.2, -0.15) is 11.8 Å². The van der Waals surface area contributed by atoms with Gasteiger partial charge in [-0.1, -0.05) is 11.6 Å². The summed E-state index contributed by atoms with van der Waals surface area (Å²) in [6, 6.07) is 6.29. The second-order valence-electron chi connectivity index (χ2n) is 4.59. The molecule has 0 aromatic heterocycles. The number of hydrogen-bond donors (Lipinski definition) is 2. The van der Waals surface area contributed by atoms with Crippen LogP contribution < -0.4 is 11.1 Å². The average Bonchev–Trinajstić information content (AvgIpc) is 2.41. The molecule has 1 aromatic rings.